The molecule has 0 nitrogen and oxygen atoms in total. The van der Waals surface area contributed by atoms with E-state index in [0.29, 0.717) is 0 Å². The second kappa shape index (κ2) is 6.30. The molecule has 1 aromatic heterocycles. The fourth-order valence-electron chi connectivity index (χ4n) is 1.10. The van der Waals surface area contributed by atoms with Gasteiger partial charge in [0.2, 0.25) is 0 Å². The highest BCUT2D eigenvalue weighted by Gasteiger charge is 1.92. The van der Waals surface area contributed by atoms with Gasteiger partial charge < -0.3 is 0 Å². The van der Waals surface area contributed by atoms with E-state index in [1.165, 1.54) is 19.3 Å². The Kier molecular flexibility index (Phi) is 4.90. The molecule has 1 aromatic rings. The monoisotopic (exact) mass is 202 g/mol. The molecular formula is C13H14S. The van der Waals surface area contributed by atoms with Crippen LogP contribution in [0.25, 0.3) is 0 Å². The number of hydrogen-bond acceptors (Lipinski definition) is 1. The lowest BCUT2D eigenvalue weighted by atomic mass is 10.2. The van der Waals surface area contributed by atoms with Crippen molar-refractivity contribution < 1.29 is 0 Å². The van der Waals surface area contributed by atoms with Crippen LogP contribution >= 0.6 is 11.3 Å². The van der Waals surface area contributed by atoms with Gasteiger partial charge in [-0.25, -0.2) is 0 Å². The number of unbranched alkanes of at least 4 members (excludes halogenated alkanes) is 3. The summed E-state index contributed by atoms with van der Waals surface area (Å²) < 4.78 is 0. The number of hydrogen-bond donors (Lipinski definition) is 0. The largest absolute Gasteiger partial charge is 0.118 e. The SMILES string of the molecule is C#Cc1ccc(C#CCCCCC)s1. The summed E-state index contributed by atoms with van der Waals surface area (Å²) in [4.78, 5) is 2.04. The van der Waals surface area contributed by atoms with Gasteiger partial charge in [0.05, 0.1) is 9.75 Å². The second-order valence-corrected chi connectivity index (χ2v) is 4.15. The Morgan fingerprint density at radius 1 is 1.29 bits per heavy atom. The summed E-state index contributed by atoms with van der Waals surface area (Å²) in [6.45, 7) is 2.20. The molecule has 72 valence electrons. The molecule has 0 amide bonds. The maximum absolute atomic E-state index is 5.27. The molecule has 0 atom stereocenters. The minimum Gasteiger partial charge on any atom is -0.118 e. The van der Waals surface area contributed by atoms with Crippen LogP contribution in [0, 0.1) is 24.2 Å². The molecule has 0 saturated carbocycles. The van der Waals surface area contributed by atoms with Crippen molar-refractivity contribution in [2.24, 2.45) is 0 Å². The predicted molar refractivity (Wildman–Crippen MR) is 63.3 cm³/mol. The van der Waals surface area contributed by atoms with Crippen LogP contribution in [0.15, 0.2) is 12.1 Å². The van der Waals surface area contributed by atoms with Crippen molar-refractivity contribution in [2.45, 2.75) is 32.6 Å². The second-order valence-electron chi connectivity index (χ2n) is 3.07. The summed E-state index contributed by atoms with van der Waals surface area (Å²) in [6.07, 6.45) is 10.00. The average Bonchev–Trinajstić information content (AvgIpc) is 2.65. The Balaban J connectivity index is 2.40. The number of thiophene rings is 1. The molecule has 14 heavy (non-hydrogen) atoms. The molecule has 0 aromatic carbocycles. The first kappa shape index (κ1) is 10.9. The van der Waals surface area contributed by atoms with E-state index < -0.39 is 0 Å². The van der Waals surface area contributed by atoms with Crippen LogP contribution in [0.3, 0.4) is 0 Å². The highest BCUT2D eigenvalue weighted by molar-refractivity contribution is 7.13. The summed E-state index contributed by atoms with van der Waals surface area (Å²) in [7, 11) is 0. The van der Waals surface area contributed by atoms with Crippen molar-refractivity contribution >= 4 is 11.3 Å². The summed E-state index contributed by atoms with van der Waals surface area (Å²) in [5, 5.41) is 0. The van der Waals surface area contributed by atoms with Gasteiger partial charge in [0.1, 0.15) is 0 Å². The molecular weight excluding hydrogens is 188 g/mol. The minimum atomic E-state index is 0.961. The Labute approximate surface area is 90.4 Å². The summed E-state index contributed by atoms with van der Waals surface area (Å²) in [5.74, 6) is 8.91. The van der Waals surface area contributed by atoms with Crippen LogP contribution < -0.4 is 0 Å². The fraction of sp³-hybridized carbons (Fsp3) is 0.385. The highest BCUT2D eigenvalue weighted by Crippen LogP contribution is 2.13. The molecule has 0 aliphatic heterocycles. The maximum Gasteiger partial charge on any atom is 0.0781 e. The Morgan fingerprint density at radius 2 is 2.07 bits per heavy atom. The first-order chi connectivity index (χ1) is 6.86. The first-order valence-corrected chi connectivity index (χ1v) is 5.73. The van der Waals surface area contributed by atoms with Gasteiger partial charge in [-0.15, -0.1) is 17.8 Å². The lowest BCUT2D eigenvalue weighted by Gasteiger charge is -1.87. The van der Waals surface area contributed by atoms with Gasteiger partial charge in [0.25, 0.3) is 0 Å². The molecule has 0 fully saturated rings. The molecule has 0 radical (unpaired) electrons. The smallest absolute Gasteiger partial charge is 0.0781 e. The third kappa shape index (κ3) is 3.69. The Bertz CT molecular complexity index is 368. The van der Waals surface area contributed by atoms with Crippen LogP contribution in [0.5, 0.6) is 0 Å². The van der Waals surface area contributed by atoms with E-state index in [9.17, 15) is 0 Å². The quantitative estimate of drug-likeness (QED) is 0.518. The van der Waals surface area contributed by atoms with Crippen molar-refractivity contribution in [3.8, 4) is 24.2 Å². The van der Waals surface area contributed by atoms with E-state index in [0.717, 1.165) is 16.2 Å². The highest BCUT2D eigenvalue weighted by atomic mass is 32.1. The van der Waals surface area contributed by atoms with E-state index in [2.05, 4.69) is 24.7 Å². The lowest BCUT2D eigenvalue weighted by molar-refractivity contribution is 0.737. The third-order valence-electron chi connectivity index (χ3n) is 1.87. The van der Waals surface area contributed by atoms with Crippen LogP contribution in [0.1, 0.15) is 42.4 Å². The average molecular weight is 202 g/mol. The zero-order valence-corrected chi connectivity index (χ0v) is 9.29. The predicted octanol–water partition coefficient (Wildman–Crippen LogP) is 3.66. The van der Waals surface area contributed by atoms with Gasteiger partial charge >= 0.3 is 0 Å². The van der Waals surface area contributed by atoms with E-state index in [1.54, 1.807) is 11.3 Å². The van der Waals surface area contributed by atoms with Gasteiger partial charge in [-0.1, -0.05) is 37.5 Å². The molecule has 0 aliphatic rings. The first-order valence-electron chi connectivity index (χ1n) is 4.92. The van der Waals surface area contributed by atoms with Gasteiger partial charge in [0, 0.05) is 6.42 Å². The van der Waals surface area contributed by atoms with E-state index in [-0.39, 0.29) is 0 Å². The zero-order chi connectivity index (χ0) is 10.2. The number of rotatable bonds is 3. The molecule has 0 bridgehead atoms. The maximum atomic E-state index is 5.27. The third-order valence-corrected chi connectivity index (χ3v) is 2.80. The molecule has 1 heteroatoms. The van der Waals surface area contributed by atoms with Crippen LogP contribution in [-0.2, 0) is 0 Å². The summed E-state index contributed by atoms with van der Waals surface area (Å²) in [6, 6.07) is 3.94. The summed E-state index contributed by atoms with van der Waals surface area (Å²) in [5.41, 5.74) is 0. The summed E-state index contributed by atoms with van der Waals surface area (Å²) >= 11 is 1.59. The Hall–Kier alpha value is -1.18. The van der Waals surface area contributed by atoms with Crippen molar-refractivity contribution in [1.29, 1.82) is 0 Å². The molecule has 0 spiro atoms. The molecule has 1 rings (SSSR count). The van der Waals surface area contributed by atoms with Crippen LogP contribution in [-0.4, -0.2) is 0 Å². The van der Waals surface area contributed by atoms with E-state index >= 15 is 0 Å². The van der Waals surface area contributed by atoms with Crippen LogP contribution in [0.2, 0.25) is 0 Å². The van der Waals surface area contributed by atoms with Crippen molar-refractivity contribution in [3.63, 3.8) is 0 Å². The lowest BCUT2D eigenvalue weighted by Crippen LogP contribution is -1.71. The van der Waals surface area contributed by atoms with Crippen LogP contribution in [0.4, 0.5) is 0 Å². The fourth-order valence-corrected chi connectivity index (χ4v) is 1.79. The standard InChI is InChI=1S/C13H14S/c1-3-5-6-7-8-9-13-11-10-12(4-2)14-13/h2,10-11H,3,5-7H2,1H3. The zero-order valence-electron chi connectivity index (χ0n) is 8.47. The molecule has 0 saturated heterocycles. The Morgan fingerprint density at radius 3 is 2.71 bits per heavy atom. The van der Waals surface area contributed by atoms with E-state index in [1.807, 2.05) is 12.1 Å². The van der Waals surface area contributed by atoms with Crippen molar-refractivity contribution in [2.75, 3.05) is 0 Å². The minimum absolute atomic E-state index is 0.961. The molecule has 0 unspecified atom stereocenters. The molecule has 0 aliphatic carbocycles. The van der Waals surface area contributed by atoms with Gasteiger partial charge in [-0.2, -0.15) is 0 Å². The topological polar surface area (TPSA) is 0 Å². The van der Waals surface area contributed by atoms with Gasteiger partial charge in [-0.05, 0) is 18.6 Å². The van der Waals surface area contributed by atoms with Crippen molar-refractivity contribution in [1.82, 2.24) is 0 Å². The number of terminal acetylenes is 1. The molecule has 1 heterocycles. The van der Waals surface area contributed by atoms with Crippen molar-refractivity contribution in [3.05, 3.63) is 21.9 Å². The van der Waals surface area contributed by atoms with E-state index in [4.69, 9.17) is 6.42 Å². The van der Waals surface area contributed by atoms with Gasteiger partial charge in [-0.3, -0.25) is 0 Å². The molecule has 0 N–H and O–H groups in total. The van der Waals surface area contributed by atoms with Gasteiger partial charge in [0.15, 0.2) is 0 Å². The normalized spacial score (nSPS) is 8.86.